The molecule has 2 aromatic heterocycles. The van der Waals surface area contributed by atoms with Crippen molar-refractivity contribution in [1.29, 1.82) is 0 Å². The fourth-order valence-electron chi connectivity index (χ4n) is 2.72. The summed E-state index contributed by atoms with van der Waals surface area (Å²) in [5.74, 6) is 1.28. The monoisotopic (exact) mass is 360 g/mol. The van der Waals surface area contributed by atoms with Gasteiger partial charge >= 0.3 is 0 Å². The van der Waals surface area contributed by atoms with Crippen molar-refractivity contribution in [3.05, 3.63) is 12.3 Å². The van der Waals surface area contributed by atoms with Gasteiger partial charge in [-0.05, 0) is 20.3 Å². The summed E-state index contributed by atoms with van der Waals surface area (Å²) in [5, 5.41) is 6.32. The number of hydrogen-bond acceptors (Lipinski definition) is 7. The Kier molecular flexibility index (Phi) is 6.54. The number of ether oxygens (including phenoxy) is 1. The SMILES string of the molecule is CCCCC(C)(CNC(C)=O)Nc1nc(N)nc2cc(OCC)cnc12. The van der Waals surface area contributed by atoms with Gasteiger partial charge in [0.15, 0.2) is 5.82 Å². The van der Waals surface area contributed by atoms with Gasteiger partial charge in [-0.2, -0.15) is 4.98 Å². The molecule has 1 unspecified atom stereocenters. The largest absolute Gasteiger partial charge is 0.492 e. The van der Waals surface area contributed by atoms with E-state index in [-0.39, 0.29) is 17.4 Å². The molecule has 26 heavy (non-hydrogen) atoms. The minimum Gasteiger partial charge on any atom is -0.492 e. The number of unbranched alkanes of at least 4 members (excludes halogenated alkanes) is 1. The van der Waals surface area contributed by atoms with Crippen LogP contribution in [-0.2, 0) is 4.79 Å². The highest BCUT2D eigenvalue weighted by Crippen LogP contribution is 2.27. The Bertz CT molecular complexity index is 767. The van der Waals surface area contributed by atoms with E-state index in [1.54, 1.807) is 12.3 Å². The highest BCUT2D eigenvalue weighted by Gasteiger charge is 2.26. The van der Waals surface area contributed by atoms with Gasteiger partial charge < -0.3 is 21.1 Å². The van der Waals surface area contributed by atoms with E-state index in [9.17, 15) is 4.79 Å². The van der Waals surface area contributed by atoms with Crippen molar-refractivity contribution in [2.45, 2.75) is 52.5 Å². The zero-order valence-corrected chi connectivity index (χ0v) is 15.9. The molecular formula is C18H28N6O2. The molecule has 1 amide bonds. The van der Waals surface area contributed by atoms with Crippen LogP contribution in [0.2, 0.25) is 0 Å². The Morgan fingerprint density at radius 2 is 2.12 bits per heavy atom. The van der Waals surface area contributed by atoms with Gasteiger partial charge in [0.1, 0.15) is 16.8 Å². The normalized spacial score (nSPS) is 13.2. The quantitative estimate of drug-likeness (QED) is 0.629. The first-order chi connectivity index (χ1) is 12.4. The minimum absolute atomic E-state index is 0.0685. The Morgan fingerprint density at radius 1 is 1.35 bits per heavy atom. The predicted molar refractivity (Wildman–Crippen MR) is 103 cm³/mol. The molecule has 0 aromatic carbocycles. The lowest BCUT2D eigenvalue weighted by molar-refractivity contribution is -0.119. The van der Waals surface area contributed by atoms with Crippen molar-refractivity contribution < 1.29 is 9.53 Å². The summed E-state index contributed by atoms with van der Waals surface area (Å²) >= 11 is 0. The van der Waals surface area contributed by atoms with E-state index >= 15 is 0 Å². The van der Waals surface area contributed by atoms with Gasteiger partial charge in [-0.15, -0.1) is 0 Å². The highest BCUT2D eigenvalue weighted by molar-refractivity contribution is 5.87. The lowest BCUT2D eigenvalue weighted by atomic mass is 9.94. The number of pyridine rings is 1. The number of carbonyl (C=O) groups is 1. The number of hydrogen-bond donors (Lipinski definition) is 3. The summed E-state index contributed by atoms with van der Waals surface area (Å²) in [7, 11) is 0. The molecule has 2 heterocycles. The molecule has 2 aromatic rings. The topological polar surface area (TPSA) is 115 Å². The van der Waals surface area contributed by atoms with Crippen LogP contribution in [0.4, 0.5) is 11.8 Å². The summed E-state index contributed by atoms with van der Waals surface area (Å²) in [6.07, 6.45) is 4.59. The summed E-state index contributed by atoms with van der Waals surface area (Å²) < 4.78 is 5.48. The van der Waals surface area contributed by atoms with E-state index < -0.39 is 0 Å². The van der Waals surface area contributed by atoms with Crippen LogP contribution in [0.3, 0.4) is 0 Å². The molecule has 0 saturated carbocycles. The Balaban J connectivity index is 2.37. The number of aromatic nitrogens is 3. The predicted octanol–water partition coefficient (Wildman–Crippen LogP) is 2.50. The van der Waals surface area contributed by atoms with Gasteiger partial charge in [0, 0.05) is 19.5 Å². The number of amides is 1. The number of nitrogens with zero attached hydrogens (tertiary/aromatic N) is 3. The number of nitrogens with one attached hydrogen (secondary N) is 2. The van der Waals surface area contributed by atoms with E-state index in [1.165, 1.54) is 6.92 Å². The van der Waals surface area contributed by atoms with Gasteiger partial charge in [-0.25, -0.2) is 9.97 Å². The maximum absolute atomic E-state index is 11.4. The molecule has 0 radical (unpaired) electrons. The average molecular weight is 360 g/mol. The van der Waals surface area contributed by atoms with E-state index in [4.69, 9.17) is 10.5 Å². The summed E-state index contributed by atoms with van der Waals surface area (Å²) in [6, 6.07) is 1.80. The second kappa shape index (κ2) is 8.64. The number of rotatable bonds is 9. The van der Waals surface area contributed by atoms with Crippen molar-refractivity contribution >= 4 is 28.7 Å². The van der Waals surface area contributed by atoms with Crippen LogP contribution in [0.15, 0.2) is 12.3 Å². The van der Waals surface area contributed by atoms with Crippen molar-refractivity contribution in [1.82, 2.24) is 20.3 Å². The maximum Gasteiger partial charge on any atom is 0.222 e. The van der Waals surface area contributed by atoms with Gasteiger partial charge in [-0.3, -0.25) is 4.79 Å². The molecule has 8 heteroatoms. The smallest absolute Gasteiger partial charge is 0.222 e. The van der Waals surface area contributed by atoms with Crippen LogP contribution >= 0.6 is 0 Å². The van der Waals surface area contributed by atoms with Crippen LogP contribution in [0.5, 0.6) is 5.75 Å². The Labute approximate surface area is 154 Å². The fourth-order valence-corrected chi connectivity index (χ4v) is 2.72. The van der Waals surface area contributed by atoms with Crippen molar-refractivity contribution in [2.75, 3.05) is 24.2 Å². The molecule has 0 aliphatic carbocycles. The standard InChI is InChI=1S/C18H28N6O2/c1-5-7-8-18(4,11-21-12(3)25)24-16-15-14(22-17(19)23-16)9-13(10-20-15)26-6-2/h9-10H,5-8,11H2,1-4H3,(H,21,25)(H3,19,22,23,24). The second-order valence-electron chi connectivity index (χ2n) is 6.60. The zero-order valence-electron chi connectivity index (χ0n) is 15.9. The third kappa shape index (κ3) is 5.18. The molecule has 142 valence electrons. The van der Waals surface area contributed by atoms with Crippen LogP contribution in [0.1, 0.15) is 47.0 Å². The molecule has 0 fully saturated rings. The lowest BCUT2D eigenvalue weighted by Crippen LogP contribution is -2.46. The van der Waals surface area contributed by atoms with Crippen LogP contribution in [0.25, 0.3) is 11.0 Å². The fraction of sp³-hybridized carbons (Fsp3) is 0.556. The number of nitrogen functional groups attached to an aromatic ring is 1. The first-order valence-corrected chi connectivity index (χ1v) is 8.95. The second-order valence-corrected chi connectivity index (χ2v) is 6.60. The zero-order chi connectivity index (χ0) is 19.2. The Hall–Kier alpha value is -2.64. The molecule has 0 aliphatic heterocycles. The average Bonchev–Trinajstić information content (AvgIpc) is 2.58. The molecule has 0 aliphatic rings. The number of nitrogens with two attached hydrogens (primary N) is 1. The van der Waals surface area contributed by atoms with Crippen LogP contribution < -0.4 is 21.1 Å². The van der Waals surface area contributed by atoms with Crippen LogP contribution in [0, 0.1) is 0 Å². The van der Waals surface area contributed by atoms with Crippen molar-refractivity contribution in [2.24, 2.45) is 0 Å². The van der Waals surface area contributed by atoms with E-state index in [0.29, 0.717) is 35.8 Å². The van der Waals surface area contributed by atoms with E-state index in [1.807, 2.05) is 6.92 Å². The molecule has 8 nitrogen and oxygen atoms in total. The van der Waals surface area contributed by atoms with Gasteiger partial charge in [0.05, 0.1) is 18.3 Å². The maximum atomic E-state index is 11.4. The molecule has 0 saturated heterocycles. The summed E-state index contributed by atoms with van der Waals surface area (Å²) in [6.45, 7) is 8.63. The van der Waals surface area contributed by atoms with Crippen molar-refractivity contribution in [3.63, 3.8) is 0 Å². The molecule has 4 N–H and O–H groups in total. The number of carbonyl (C=O) groups excluding carboxylic acids is 1. The summed E-state index contributed by atoms with van der Waals surface area (Å²) in [4.78, 5) is 24.4. The third-order valence-corrected chi connectivity index (χ3v) is 4.07. The van der Waals surface area contributed by atoms with Gasteiger partial charge in [0.25, 0.3) is 0 Å². The molecule has 0 bridgehead atoms. The molecule has 2 rings (SSSR count). The Morgan fingerprint density at radius 3 is 2.77 bits per heavy atom. The van der Waals surface area contributed by atoms with Crippen molar-refractivity contribution in [3.8, 4) is 5.75 Å². The highest BCUT2D eigenvalue weighted by atomic mass is 16.5. The van der Waals surface area contributed by atoms with E-state index in [2.05, 4.69) is 39.4 Å². The van der Waals surface area contributed by atoms with Crippen LogP contribution in [-0.4, -0.2) is 39.5 Å². The first-order valence-electron chi connectivity index (χ1n) is 8.95. The minimum atomic E-state index is -0.379. The third-order valence-electron chi connectivity index (χ3n) is 4.07. The lowest BCUT2D eigenvalue weighted by Gasteiger charge is -2.32. The number of anilines is 2. The first kappa shape index (κ1) is 19.7. The molecular weight excluding hydrogens is 332 g/mol. The number of fused-ring (bicyclic) bond motifs is 1. The summed E-state index contributed by atoms with van der Waals surface area (Å²) in [5.41, 5.74) is 6.74. The van der Waals surface area contributed by atoms with Gasteiger partial charge in [-0.1, -0.05) is 19.8 Å². The van der Waals surface area contributed by atoms with E-state index in [0.717, 1.165) is 19.3 Å². The molecule has 1 atom stereocenters. The van der Waals surface area contributed by atoms with Gasteiger partial charge in [0.2, 0.25) is 11.9 Å². The molecule has 0 spiro atoms.